The number of nitrogens with zero attached hydrogens (tertiary/aromatic N) is 3. The summed E-state index contributed by atoms with van der Waals surface area (Å²) in [6.07, 6.45) is 0. The molecule has 6 nitrogen and oxygen atoms in total. The molecule has 1 aliphatic rings. The van der Waals surface area contributed by atoms with E-state index in [1.54, 1.807) is 24.0 Å². The zero-order valence-corrected chi connectivity index (χ0v) is 9.96. The Kier molecular flexibility index (Phi) is 3.44. The van der Waals surface area contributed by atoms with E-state index in [-0.39, 0.29) is 6.61 Å². The van der Waals surface area contributed by atoms with Crippen molar-refractivity contribution in [3.63, 3.8) is 0 Å². The molecule has 1 unspecified atom stereocenters. The van der Waals surface area contributed by atoms with Crippen molar-refractivity contribution in [3.8, 4) is 6.07 Å². The smallest absolute Gasteiger partial charge is 0.328 e. The monoisotopic (exact) mass is 247 g/mol. The van der Waals surface area contributed by atoms with Crippen molar-refractivity contribution in [2.45, 2.75) is 13.0 Å². The van der Waals surface area contributed by atoms with E-state index in [4.69, 9.17) is 15.1 Å². The van der Waals surface area contributed by atoms with Crippen LogP contribution < -0.4 is 4.90 Å². The van der Waals surface area contributed by atoms with Crippen molar-refractivity contribution in [3.05, 3.63) is 23.4 Å². The van der Waals surface area contributed by atoms with E-state index in [2.05, 4.69) is 4.98 Å². The maximum atomic E-state index is 11.2. The Balaban J connectivity index is 2.36. The minimum Gasteiger partial charge on any atom is -0.480 e. The number of rotatable bonds is 2. The van der Waals surface area contributed by atoms with Gasteiger partial charge in [-0.1, -0.05) is 0 Å². The second-order valence-electron chi connectivity index (χ2n) is 4.09. The minimum absolute atomic E-state index is 0.132. The van der Waals surface area contributed by atoms with Gasteiger partial charge in [0.25, 0.3) is 0 Å². The first kappa shape index (κ1) is 12.3. The summed E-state index contributed by atoms with van der Waals surface area (Å²) in [4.78, 5) is 17.1. The number of aliphatic carboxylic acids is 1. The summed E-state index contributed by atoms with van der Waals surface area (Å²) in [5, 5.41) is 18.1. The van der Waals surface area contributed by atoms with Crippen molar-refractivity contribution in [1.82, 2.24) is 4.98 Å². The third kappa shape index (κ3) is 2.41. The minimum atomic E-state index is -0.948. The molecule has 0 aromatic carbocycles. The lowest BCUT2D eigenvalue weighted by molar-refractivity contribution is -0.141. The summed E-state index contributed by atoms with van der Waals surface area (Å²) in [5.74, 6) is -0.432. The van der Waals surface area contributed by atoms with Gasteiger partial charge in [0.05, 0.1) is 24.8 Å². The van der Waals surface area contributed by atoms with E-state index in [0.717, 1.165) is 0 Å². The maximum absolute atomic E-state index is 11.2. The Morgan fingerprint density at radius 1 is 1.67 bits per heavy atom. The predicted molar refractivity (Wildman–Crippen MR) is 63.3 cm³/mol. The lowest BCUT2D eigenvalue weighted by Crippen LogP contribution is -2.50. The summed E-state index contributed by atoms with van der Waals surface area (Å²) in [6.45, 7) is 2.83. The topological polar surface area (TPSA) is 86.5 Å². The normalized spacial score (nSPS) is 19.3. The quantitative estimate of drug-likeness (QED) is 0.821. The summed E-state index contributed by atoms with van der Waals surface area (Å²) in [7, 11) is 0. The van der Waals surface area contributed by atoms with E-state index in [1.165, 1.54) is 0 Å². The molecule has 0 aliphatic carbocycles. The van der Waals surface area contributed by atoms with Crippen molar-refractivity contribution >= 4 is 11.8 Å². The molecule has 1 aromatic rings. The number of carboxylic acids is 1. The number of morpholine rings is 1. The van der Waals surface area contributed by atoms with E-state index in [9.17, 15) is 4.79 Å². The number of hydrogen-bond donors (Lipinski definition) is 1. The zero-order chi connectivity index (χ0) is 13.1. The molecule has 0 spiro atoms. The number of aromatic nitrogens is 1. The fourth-order valence-corrected chi connectivity index (χ4v) is 1.95. The van der Waals surface area contributed by atoms with Gasteiger partial charge in [-0.3, -0.25) is 0 Å². The Morgan fingerprint density at radius 2 is 2.44 bits per heavy atom. The third-order valence-electron chi connectivity index (χ3n) is 2.78. The Morgan fingerprint density at radius 3 is 3.11 bits per heavy atom. The molecule has 1 atom stereocenters. The average Bonchev–Trinajstić information content (AvgIpc) is 2.38. The van der Waals surface area contributed by atoms with Gasteiger partial charge in [0.1, 0.15) is 5.82 Å². The molecule has 1 saturated heterocycles. The van der Waals surface area contributed by atoms with E-state index in [0.29, 0.717) is 30.2 Å². The van der Waals surface area contributed by atoms with E-state index in [1.807, 2.05) is 6.07 Å². The van der Waals surface area contributed by atoms with Gasteiger partial charge in [-0.15, -0.1) is 0 Å². The van der Waals surface area contributed by atoms with Crippen molar-refractivity contribution in [2.75, 3.05) is 24.7 Å². The molecule has 0 bridgehead atoms. The molecular weight excluding hydrogens is 234 g/mol. The number of aryl methyl sites for hydroxylation is 1. The average molecular weight is 247 g/mol. The van der Waals surface area contributed by atoms with Crippen LogP contribution in [0, 0.1) is 18.3 Å². The molecule has 2 heterocycles. The summed E-state index contributed by atoms with van der Waals surface area (Å²) in [6, 6.07) is 4.57. The number of carboxylic acid groups (broad SMARTS) is 1. The summed E-state index contributed by atoms with van der Waals surface area (Å²) in [5.41, 5.74) is 1.17. The highest BCUT2D eigenvalue weighted by atomic mass is 16.5. The molecule has 2 rings (SSSR count). The molecule has 1 N–H and O–H groups in total. The van der Waals surface area contributed by atoms with Crippen LogP contribution in [0.15, 0.2) is 12.1 Å². The van der Waals surface area contributed by atoms with Crippen LogP contribution in [0.3, 0.4) is 0 Å². The van der Waals surface area contributed by atoms with Crippen molar-refractivity contribution in [1.29, 1.82) is 5.26 Å². The Bertz CT molecular complexity index is 510. The van der Waals surface area contributed by atoms with Crippen molar-refractivity contribution < 1.29 is 14.6 Å². The lowest BCUT2D eigenvalue weighted by atomic mass is 10.2. The molecule has 6 heteroatoms. The first-order valence-electron chi connectivity index (χ1n) is 5.58. The van der Waals surface area contributed by atoms with Gasteiger partial charge < -0.3 is 14.7 Å². The number of pyridine rings is 1. The van der Waals surface area contributed by atoms with Gasteiger partial charge in [-0.05, 0) is 19.1 Å². The third-order valence-corrected chi connectivity index (χ3v) is 2.78. The molecule has 0 saturated carbocycles. The molecule has 94 valence electrons. The fourth-order valence-electron chi connectivity index (χ4n) is 1.95. The second kappa shape index (κ2) is 5.02. The Labute approximate surface area is 104 Å². The molecule has 1 fully saturated rings. The van der Waals surface area contributed by atoms with Crippen LogP contribution in [-0.2, 0) is 9.53 Å². The second-order valence-corrected chi connectivity index (χ2v) is 4.09. The largest absolute Gasteiger partial charge is 0.480 e. The number of hydrogen-bond acceptors (Lipinski definition) is 5. The molecule has 1 aliphatic heterocycles. The first-order chi connectivity index (χ1) is 8.61. The predicted octanol–water partition coefficient (Wildman–Crippen LogP) is 0.552. The highest BCUT2D eigenvalue weighted by molar-refractivity contribution is 5.78. The van der Waals surface area contributed by atoms with Gasteiger partial charge >= 0.3 is 5.97 Å². The van der Waals surface area contributed by atoms with E-state index >= 15 is 0 Å². The van der Waals surface area contributed by atoms with Crippen LogP contribution in [0.25, 0.3) is 0 Å². The molecule has 1 aromatic heterocycles. The molecule has 18 heavy (non-hydrogen) atoms. The lowest BCUT2D eigenvalue weighted by Gasteiger charge is -2.33. The first-order valence-corrected chi connectivity index (χ1v) is 5.58. The van der Waals surface area contributed by atoms with Crippen LogP contribution in [0.4, 0.5) is 5.82 Å². The van der Waals surface area contributed by atoms with Gasteiger partial charge in [-0.25, -0.2) is 9.78 Å². The van der Waals surface area contributed by atoms with Gasteiger partial charge in [0, 0.05) is 12.2 Å². The van der Waals surface area contributed by atoms with E-state index < -0.39 is 12.0 Å². The van der Waals surface area contributed by atoms with Gasteiger partial charge in [0.15, 0.2) is 6.04 Å². The maximum Gasteiger partial charge on any atom is 0.328 e. The summed E-state index contributed by atoms with van der Waals surface area (Å²) < 4.78 is 5.17. The summed E-state index contributed by atoms with van der Waals surface area (Å²) >= 11 is 0. The molecule has 0 radical (unpaired) electrons. The highest BCUT2D eigenvalue weighted by Gasteiger charge is 2.30. The van der Waals surface area contributed by atoms with Crippen LogP contribution in [0.1, 0.15) is 11.3 Å². The van der Waals surface area contributed by atoms with Gasteiger partial charge in [-0.2, -0.15) is 5.26 Å². The van der Waals surface area contributed by atoms with Crippen LogP contribution in [0.2, 0.25) is 0 Å². The van der Waals surface area contributed by atoms with Crippen LogP contribution >= 0.6 is 0 Å². The standard InChI is InChI=1S/C12H13N3O3/c1-8-4-9(6-13)5-11(14-8)15-2-3-18-7-10(15)12(16)17/h4-5,10H,2-3,7H2,1H3,(H,16,17). The Hall–Kier alpha value is -2.13. The van der Waals surface area contributed by atoms with Crippen LogP contribution in [0.5, 0.6) is 0 Å². The number of carbonyl (C=O) groups is 1. The zero-order valence-electron chi connectivity index (χ0n) is 9.96. The van der Waals surface area contributed by atoms with Gasteiger partial charge in [0.2, 0.25) is 0 Å². The van der Waals surface area contributed by atoms with Crippen LogP contribution in [-0.4, -0.2) is 41.9 Å². The molecular formula is C12H13N3O3. The molecule has 0 amide bonds. The SMILES string of the molecule is Cc1cc(C#N)cc(N2CCOCC2C(=O)O)n1. The van der Waals surface area contributed by atoms with Crippen molar-refractivity contribution in [2.24, 2.45) is 0 Å². The fraction of sp³-hybridized carbons (Fsp3) is 0.417. The highest BCUT2D eigenvalue weighted by Crippen LogP contribution is 2.19. The number of anilines is 1. The number of ether oxygens (including phenoxy) is 1. The number of nitriles is 1.